The first-order valence-electron chi connectivity index (χ1n) is 8.36. The second-order valence-electron chi connectivity index (χ2n) is 6.08. The minimum absolute atomic E-state index is 0.172. The van der Waals surface area contributed by atoms with Crippen molar-refractivity contribution in [1.82, 2.24) is 4.90 Å². The number of halogens is 2. The molecule has 1 fully saturated rings. The molecule has 3 aromatic rings. The molecule has 1 aromatic heterocycles. The number of amides is 2. The number of hydrogen-bond acceptors (Lipinski definition) is 4. The zero-order valence-corrected chi connectivity index (χ0v) is 16.7. The van der Waals surface area contributed by atoms with Crippen LogP contribution >= 0.6 is 35.0 Å². The second-order valence-corrected chi connectivity index (χ2v) is 7.92. The fraction of sp³-hybridized carbons (Fsp3) is 0.0476. The van der Waals surface area contributed by atoms with Crippen LogP contribution < -0.4 is 0 Å². The van der Waals surface area contributed by atoms with Crippen molar-refractivity contribution in [3.8, 4) is 11.3 Å². The molecule has 0 radical (unpaired) electrons. The molecule has 1 aliphatic rings. The maximum absolute atomic E-state index is 12.7. The van der Waals surface area contributed by atoms with Crippen molar-refractivity contribution in [3.05, 3.63) is 86.9 Å². The predicted molar refractivity (Wildman–Crippen MR) is 112 cm³/mol. The van der Waals surface area contributed by atoms with Gasteiger partial charge in [0.25, 0.3) is 11.1 Å². The van der Waals surface area contributed by atoms with Crippen LogP contribution in [-0.2, 0) is 11.3 Å². The molecule has 0 saturated carbocycles. The van der Waals surface area contributed by atoms with E-state index < -0.39 is 0 Å². The molecule has 4 nitrogen and oxygen atoms in total. The highest BCUT2D eigenvalue weighted by atomic mass is 35.5. The lowest BCUT2D eigenvalue weighted by Gasteiger charge is -2.12. The van der Waals surface area contributed by atoms with E-state index in [1.54, 1.807) is 42.5 Å². The number of hydrogen-bond donors (Lipinski definition) is 0. The maximum atomic E-state index is 12.7. The van der Waals surface area contributed by atoms with Gasteiger partial charge in [-0.2, -0.15) is 0 Å². The molecule has 1 aliphatic heterocycles. The van der Waals surface area contributed by atoms with Crippen molar-refractivity contribution in [2.24, 2.45) is 0 Å². The van der Waals surface area contributed by atoms with E-state index in [0.29, 0.717) is 26.5 Å². The molecule has 0 spiro atoms. The Hall–Kier alpha value is -2.47. The number of carbonyl (C=O) groups excluding carboxylic acids is 2. The molecule has 0 atom stereocenters. The molecule has 4 rings (SSSR count). The summed E-state index contributed by atoms with van der Waals surface area (Å²) in [6.07, 6.45) is 1.57. The Labute approximate surface area is 175 Å². The molecule has 7 heteroatoms. The minimum Gasteiger partial charge on any atom is -0.457 e. The Kier molecular flexibility index (Phi) is 5.31. The van der Waals surface area contributed by atoms with Crippen LogP contribution in [0.4, 0.5) is 4.79 Å². The number of rotatable bonds is 4. The van der Waals surface area contributed by atoms with E-state index in [0.717, 1.165) is 22.9 Å². The van der Waals surface area contributed by atoms with Crippen LogP contribution in [0.1, 0.15) is 11.3 Å². The summed E-state index contributed by atoms with van der Waals surface area (Å²) in [5.41, 5.74) is 1.55. The summed E-state index contributed by atoms with van der Waals surface area (Å²) >= 11 is 13.1. The number of thioether (sulfide) groups is 1. The number of carbonyl (C=O) groups is 2. The topological polar surface area (TPSA) is 50.5 Å². The molecule has 2 aromatic carbocycles. The van der Waals surface area contributed by atoms with E-state index in [2.05, 4.69) is 0 Å². The SMILES string of the molecule is O=C1S/C(=C\c2ccc(-c3ccccc3Cl)o2)C(=O)N1Cc1cccc(Cl)c1. The largest absolute Gasteiger partial charge is 0.457 e. The van der Waals surface area contributed by atoms with Crippen LogP contribution in [0, 0.1) is 0 Å². The van der Waals surface area contributed by atoms with E-state index in [1.165, 1.54) is 4.90 Å². The Bertz CT molecular complexity index is 1110. The van der Waals surface area contributed by atoms with Crippen LogP contribution in [0.5, 0.6) is 0 Å². The molecular weight excluding hydrogens is 417 g/mol. The van der Waals surface area contributed by atoms with Gasteiger partial charge in [-0.05, 0) is 53.7 Å². The average Bonchev–Trinajstić information content (AvgIpc) is 3.23. The van der Waals surface area contributed by atoms with Gasteiger partial charge in [0.2, 0.25) is 0 Å². The summed E-state index contributed by atoms with van der Waals surface area (Å²) in [6, 6.07) is 17.9. The first-order valence-corrected chi connectivity index (χ1v) is 9.93. The van der Waals surface area contributed by atoms with Gasteiger partial charge in [-0.3, -0.25) is 14.5 Å². The van der Waals surface area contributed by atoms with Gasteiger partial charge >= 0.3 is 0 Å². The zero-order valence-electron chi connectivity index (χ0n) is 14.4. The lowest BCUT2D eigenvalue weighted by Crippen LogP contribution is -2.27. The normalized spacial score (nSPS) is 15.6. The minimum atomic E-state index is -0.356. The monoisotopic (exact) mass is 429 g/mol. The van der Waals surface area contributed by atoms with E-state index in [4.69, 9.17) is 27.6 Å². The Balaban J connectivity index is 1.55. The molecule has 0 unspecified atom stereocenters. The summed E-state index contributed by atoms with van der Waals surface area (Å²) in [5, 5.41) is 0.807. The van der Waals surface area contributed by atoms with Crippen molar-refractivity contribution >= 4 is 52.2 Å². The molecule has 0 N–H and O–H groups in total. The number of nitrogens with zero attached hydrogens (tertiary/aromatic N) is 1. The molecule has 0 bridgehead atoms. The lowest BCUT2D eigenvalue weighted by molar-refractivity contribution is -0.123. The fourth-order valence-electron chi connectivity index (χ4n) is 2.82. The average molecular weight is 430 g/mol. The van der Waals surface area contributed by atoms with Crippen molar-refractivity contribution in [2.75, 3.05) is 0 Å². The first kappa shape index (κ1) is 18.9. The first-order chi connectivity index (χ1) is 13.5. The Morgan fingerprint density at radius 2 is 1.82 bits per heavy atom. The van der Waals surface area contributed by atoms with Crippen molar-refractivity contribution in [3.63, 3.8) is 0 Å². The molecular formula is C21H13Cl2NO3S. The molecule has 0 aliphatic carbocycles. The standard InChI is InChI=1S/C21H13Cl2NO3S/c22-14-5-3-4-13(10-14)12-24-20(25)19(28-21(24)26)11-15-8-9-18(27-15)16-6-1-2-7-17(16)23/h1-11H,12H2/b19-11-. The van der Waals surface area contributed by atoms with E-state index in [9.17, 15) is 9.59 Å². The molecule has 140 valence electrons. The molecule has 2 heterocycles. The second kappa shape index (κ2) is 7.87. The summed E-state index contributed by atoms with van der Waals surface area (Å²) in [4.78, 5) is 26.5. The van der Waals surface area contributed by atoms with E-state index >= 15 is 0 Å². The maximum Gasteiger partial charge on any atom is 0.293 e. The highest BCUT2D eigenvalue weighted by Gasteiger charge is 2.35. The fourth-order valence-corrected chi connectivity index (χ4v) is 4.08. The van der Waals surface area contributed by atoms with Gasteiger partial charge in [0, 0.05) is 16.7 Å². The number of furan rings is 1. The molecule has 2 amide bonds. The summed E-state index contributed by atoms with van der Waals surface area (Å²) in [5.74, 6) is 0.712. The highest BCUT2D eigenvalue weighted by molar-refractivity contribution is 8.18. The summed E-state index contributed by atoms with van der Waals surface area (Å²) < 4.78 is 5.79. The van der Waals surface area contributed by atoms with Gasteiger partial charge in [-0.15, -0.1) is 0 Å². The number of benzene rings is 2. The van der Waals surface area contributed by atoms with Gasteiger partial charge in [-0.25, -0.2) is 0 Å². The predicted octanol–water partition coefficient (Wildman–Crippen LogP) is 6.49. The Morgan fingerprint density at radius 1 is 1.00 bits per heavy atom. The van der Waals surface area contributed by atoms with Gasteiger partial charge in [-0.1, -0.05) is 47.5 Å². The van der Waals surface area contributed by atoms with Crippen LogP contribution in [-0.4, -0.2) is 16.0 Å². The van der Waals surface area contributed by atoms with Crippen LogP contribution in [0.2, 0.25) is 10.0 Å². The summed E-state index contributed by atoms with van der Waals surface area (Å²) in [7, 11) is 0. The van der Waals surface area contributed by atoms with Crippen LogP contribution in [0.25, 0.3) is 17.4 Å². The smallest absolute Gasteiger partial charge is 0.293 e. The van der Waals surface area contributed by atoms with E-state index in [1.807, 2.05) is 24.3 Å². The third kappa shape index (κ3) is 3.87. The van der Waals surface area contributed by atoms with Gasteiger partial charge in [0.1, 0.15) is 11.5 Å². The zero-order chi connectivity index (χ0) is 19.7. The van der Waals surface area contributed by atoms with Gasteiger partial charge < -0.3 is 4.42 Å². The molecule has 28 heavy (non-hydrogen) atoms. The third-order valence-corrected chi connectivity index (χ3v) is 5.61. The van der Waals surface area contributed by atoms with Crippen molar-refractivity contribution in [2.45, 2.75) is 6.54 Å². The van der Waals surface area contributed by atoms with Crippen molar-refractivity contribution < 1.29 is 14.0 Å². The van der Waals surface area contributed by atoms with Gasteiger partial charge in [0.15, 0.2) is 0 Å². The van der Waals surface area contributed by atoms with Crippen LogP contribution in [0.3, 0.4) is 0 Å². The summed E-state index contributed by atoms with van der Waals surface area (Å²) in [6.45, 7) is 0.172. The van der Waals surface area contributed by atoms with E-state index in [-0.39, 0.29) is 17.7 Å². The van der Waals surface area contributed by atoms with Crippen LogP contribution in [0.15, 0.2) is 70.0 Å². The number of imide groups is 1. The van der Waals surface area contributed by atoms with Crippen molar-refractivity contribution in [1.29, 1.82) is 0 Å². The third-order valence-electron chi connectivity index (χ3n) is 4.14. The van der Waals surface area contributed by atoms with Gasteiger partial charge in [0.05, 0.1) is 16.5 Å². The Morgan fingerprint density at radius 3 is 2.61 bits per heavy atom. The highest BCUT2D eigenvalue weighted by Crippen LogP contribution is 2.35. The lowest BCUT2D eigenvalue weighted by atomic mass is 10.2. The quantitative estimate of drug-likeness (QED) is 0.444. The molecule has 1 saturated heterocycles.